The second-order valence-electron chi connectivity index (χ2n) is 23.8. The molecule has 11 amide bonds. The van der Waals surface area contributed by atoms with Crippen LogP contribution in [0.5, 0.6) is 5.75 Å². The predicted octanol–water partition coefficient (Wildman–Crippen LogP) is -5.52. The van der Waals surface area contributed by atoms with E-state index in [-0.39, 0.29) is 55.6 Å². The number of aldehydes is 1. The topological polar surface area (TPSA) is 495 Å². The molecule has 29 heteroatoms. The summed E-state index contributed by atoms with van der Waals surface area (Å²) >= 11 is 0. The summed E-state index contributed by atoms with van der Waals surface area (Å²) in [5, 5.41) is 56.1. The Morgan fingerprint density at radius 3 is 1.34 bits per heavy atom. The fourth-order valence-corrected chi connectivity index (χ4v) is 9.06. The Morgan fingerprint density at radius 1 is 0.494 bits per heavy atom. The Labute approximate surface area is 510 Å². The van der Waals surface area contributed by atoms with Gasteiger partial charge in [0.15, 0.2) is 6.04 Å². The van der Waals surface area contributed by atoms with E-state index in [4.69, 9.17) is 5.73 Å². The van der Waals surface area contributed by atoms with Gasteiger partial charge in [-0.25, -0.2) is 0 Å². The molecule has 1 aromatic rings. The number of carbonyl (C=O) groups excluding carboxylic acids is 12. The third-order valence-electron chi connectivity index (χ3n) is 13.9. The van der Waals surface area contributed by atoms with Crippen molar-refractivity contribution in [2.45, 2.75) is 212 Å². The minimum atomic E-state index is -1.84. The van der Waals surface area contributed by atoms with Gasteiger partial charge in [-0.1, -0.05) is 67.5 Å². The van der Waals surface area contributed by atoms with E-state index in [1.54, 1.807) is 53.7 Å². The number of nitrogens with one attached hydrogen (secondary N) is 10. The number of aliphatic hydroxyl groups excluding tert-OH is 2. The van der Waals surface area contributed by atoms with Gasteiger partial charge >= 0.3 is 0 Å². The molecule has 0 aliphatic rings. The molecule has 29 nitrogen and oxygen atoms in total. The van der Waals surface area contributed by atoms with E-state index in [2.05, 4.69) is 70.4 Å². The van der Waals surface area contributed by atoms with Crippen LogP contribution in [0.15, 0.2) is 24.3 Å². The number of unbranched alkanes of at least 4 members (excludes halogenated alkanes) is 2. The normalized spacial score (nSPS) is 15.5. The molecule has 24 N–H and O–H groups in total. The summed E-state index contributed by atoms with van der Waals surface area (Å²) in [5.74, 6) is -10.3. The van der Waals surface area contributed by atoms with Gasteiger partial charge in [-0.3, -0.25) is 52.7 Å². The van der Waals surface area contributed by atoms with Crippen LogP contribution in [0.4, 0.5) is 0 Å². The summed E-state index contributed by atoms with van der Waals surface area (Å²) in [4.78, 5) is 162. The first kappa shape index (κ1) is 77.7. The van der Waals surface area contributed by atoms with E-state index in [0.717, 1.165) is 6.92 Å². The number of hydrogen-bond donors (Lipinski definition) is 17. The summed E-state index contributed by atoms with van der Waals surface area (Å²) in [5.41, 5.74) is 17.7. The van der Waals surface area contributed by atoms with E-state index >= 15 is 0 Å². The molecule has 0 saturated heterocycles. The number of aliphatic hydroxyl groups is 2. The molecule has 0 spiro atoms. The summed E-state index contributed by atoms with van der Waals surface area (Å²) in [7, 11) is 0. The van der Waals surface area contributed by atoms with Gasteiger partial charge in [0, 0.05) is 6.42 Å². The summed E-state index contributed by atoms with van der Waals surface area (Å²) in [6.07, 6.45) is 0.677. The molecule has 0 bridgehead atoms. The monoisotopic (exact) mass is 1240 g/mol. The van der Waals surface area contributed by atoms with E-state index in [9.17, 15) is 72.9 Å². The summed E-state index contributed by atoms with van der Waals surface area (Å²) < 4.78 is 0. The minimum Gasteiger partial charge on any atom is -0.508 e. The van der Waals surface area contributed by atoms with Crippen LogP contribution in [-0.2, 0) is 64.0 Å². The van der Waals surface area contributed by atoms with Gasteiger partial charge in [0.25, 0.3) is 5.91 Å². The van der Waals surface area contributed by atoms with Gasteiger partial charge in [-0.05, 0) is 113 Å². The van der Waals surface area contributed by atoms with Gasteiger partial charge < -0.3 is 96.2 Å². The van der Waals surface area contributed by atoms with Crippen molar-refractivity contribution in [2.75, 3.05) is 19.7 Å². The van der Waals surface area contributed by atoms with Crippen molar-refractivity contribution in [3.63, 3.8) is 0 Å². The van der Waals surface area contributed by atoms with Gasteiger partial charge in [0.05, 0.1) is 38.3 Å². The van der Waals surface area contributed by atoms with Crippen molar-refractivity contribution in [1.82, 2.24) is 53.2 Å². The molecule has 0 heterocycles. The average Bonchev–Trinajstić information content (AvgIpc) is 3.43. The number of hydrogen-bond acceptors (Lipinski definition) is 15. The highest BCUT2D eigenvalue weighted by molar-refractivity contribution is 5.99. The number of phenolic OH excluding ortho intramolecular Hbond substituents is 1. The fraction of sp³-hybridized carbons (Fsp3) is 0.690. The highest BCUT2D eigenvalue weighted by atomic mass is 16.3. The zero-order chi connectivity index (χ0) is 66.2. The van der Waals surface area contributed by atoms with Crippen molar-refractivity contribution < 1.29 is 90.1 Å². The third-order valence-corrected chi connectivity index (χ3v) is 13.9. The molecule has 0 saturated carbocycles. The number of phenols is 1. The smallest absolute Gasteiger partial charge is 0.278 e. The first-order valence-electron chi connectivity index (χ1n) is 30.0. The van der Waals surface area contributed by atoms with Crippen molar-refractivity contribution >= 4 is 71.3 Å². The number of carbonyl (C=O) groups is 12. The van der Waals surface area contributed by atoms with Crippen LogP contribution in [0.25, 0.3) is 0 Å². The largest absolute Gasteiger partial charge is 0.508 e. The standard InChI is InChI=1S/C58H100N14O15/c1-30(2)23-39(61)50(79)71-47(33(7)8)57(86)66-41(16-12-14-22-60)52(81)70-45(29-74)56(85)65-40(15-11-13-21-59)51(80)63-34(9)49(78)72-48(35(10)75)58(87)69-44(27-46(62)77)55(84)68-43(25-32(5)6)54(83)67-42(24-31(3)4)53(82)64-37(28-73)26-36-17-19-38(76)20-18-36/h17-20,28,30-35,37,39-45,47-48,74-76H,11-16,21-27,29,59-61H2,1-10H3,(H2,62,77)(H,63,80)(H,64,82)(H,65,85)(H,66,86)(H,67,83)(H,68,84)(H,69,87)(H,70,81)(H,71,79)(H,72,78)/p+3/t34-,35+,37-,39-,40-,41-,42-,43-,44-,45-,47-,48-/m0/s1. The Kier molecular flexibility index (Phi) is 35.9. The maximum Gasteiger partial charge on any atom is 0.278 e. The molecule has 0 fully saturated rings. The zero-order valence-corrected chi connectivity index (χ0v) is 52.5. The first-order valence-corrected chi connectivity index (χ1v) is 30.0. The predicted molar refractivity (Wildman–Crippen MR) is 319 cm³/mol. The Hall–Kier alpha value is -7.34. The second-order valence-corrected chi connectivity index (χ2v) is 23.8. The molecule has 0 radical (unpaired) electrons. The molecule has 1 aromatic carbocycles. The highest BCUT2D eigenvalue weighted by Crippen LogP contribution is 2.15. The number of nitrogens with two attached hydrogens (primary N) is 1. The van der Waals surface area contributed by atoms with E-state index in [1.165, 1.54) is 19.1 Å². The number of aromatic hydroxyl groups is 1. The Balaban J connectivity index is 3.31. The van der Waals surface area contributed by atoms with Crippen molar-refractivity contribution in [1.29, 1.82) is 0 Å². The van der Waals surface area contributed by atoms with Crippen LogP contribution < -0.4 is 76.1 Å². The van der Waals surface area contributed by atoms with Crippen LogP contribution in [-0.4, -0.2) is 179 Å². The van der Waals surface area contributed by atoms with Gasteiger partial charge in [-0.15, -0.1) is 0 Å². The third kappa shape index (κ3) is 29.7. The molecule has 87 heavy (non-hydrogen) atoms. The number of rotatable bonds is 42. The lowest BCUT2D eigenvalue weighted by Gasteiger charge is -2.28. The Bertz CT molecular complexity index is 2410. The van der Waals surface area contributed by atoms with Crippen LogP contribution in [0.2, 0.25) is 0 Å². The van der Waals surface area contributed by atoms with Crippen LogP contribution in [0.1, 0.15) is 139 Å². The van der Waals surface area contributed by atoms with E-state index in [1.807, 2.05) is 13.8 Å². The SMILES string of the molecule is CC(C)C[C@H](NC(=O)[C@H](CC(C)C)NC(=O)[C@H](CC(N)=O)NC(=O)[C@@H](NC(=O)[C@H](C)NC(=O)[C@H](CCCC[NH3+])NC(=O)[C@H](CO)NC(=O)[C@H](CCCC[NH3+])NC(=O)[C@@H](NC(=O)[C@@H]([NH3+])CC(C)C)C(C)C)[C@@H](C)O)C(=O)N[C@H](C=O)Cc1ccc(O)cc1. The van der Waals surface area contributed by atoms with Gasteiger partial charge in [-0.2, -0.15) is 0 Å². The van der Waals surface area contributed by atoms with Crippen LogP contribution in [0.3, 0.4) is 0 Å². The molecule has 1 rings (SSSR count). The maximum atomic E-state index is 14.0. The number of primary amides is 1. The van der Waals surface area contributed by atoms with Crippen LogP contribution in [0, 0.1) is 23.7 Å². The van der Waals surface area contributed by atoms with E-state index < -0.39 is 156 Å². The average molecular weight is 1240 g/mol. The van der Waals surface area contributed by atoms with Crippen molar-refractivity contribution in [3.05, 3.63) is 29.8 Å². The number of quaternary nitrogens is 3. The molecular formula is C58H103N14O15+3. The van der Waals surface area contributed by atoms with Crippen molar-refractivity contribution in [3.8, 4) is 5.75 Å². The molecule has 0 aliphatic carbocycles. The minimum absolute atomic E-state index is 0.00358. The second kappa shape index (κ2) is 40.2. The Morgan fingerprint density at radius 2 is 0.897 bits per heavy atom. The number of amides is 11. The quantitative estimate of drug-likeness (QED) is 0.0215. The van der Waals surface area contributed by atoms with E-state index in [0.29, 0.717) is 57.0 Å². The lowest BCUT2D eigenvalue weighted by atomic mass is 9.99. The molecular weight excluding hydrogens is 1130 g/mol. The first-order chi connectivity index (χ1) is 40.8. The summed E-state index contributed by atoms with van der Waals surface area (Å²) in [6.45, 7) is 16.8. The van der Waals surface area contributed by atoms with Gasteiger partial charge in [0.2, 0.25) is 59.1 Å². The summed E-state index contributed by atoms with van der Waals surface area (Å²) in [6, 6.07) is -8.56. The lowest BCUT2D eigenvalue weighted by Crippen LogP contribution is -2.69. The lowest BCUT2D eigenvalue weighted by molar-refractivity contribution is -0.406. The zero-order valence-electron chi connectivity index (χ0n) is 52.5. The molecule has 0 aromatic heterocycles. The van der Waals surface area contributed by atoms with Crippen LogP contribution >= 0.6 is 0 Å². The maximum absolute atomic E-state index is 14.0. The number of benzene rings is 1. The molecule has 0 unspecified atom stereocenters. The molecule has 492 valence electrons. The highest BCUT2D eigenvalue weighted by Gasteiger charge is 2.37. The van der Waals surface area contributed by atoms with Crippen molar-refractivity contribution in [2.24, 2.45) is 29.4 Å². The molecule has 12 atom stereocenters. The molecule has 0 aliphatic heterocycles. The van der Waals surface area contributed by atoms with Gasteiger partial charge in [0.1, 0.15) is 66.4 Å². The fourth-order valence-electron chi connectivity index (χ4n) is 9.06.